The summed E-state index contributed by atoms with van der Waals surface area (Å²) in [4.78, 5) is 47.9. The van der Waals surface area contributed by atoms with Crippen molar-refractivity contribution in [1.29, 1.82) is 0 Å². The average molecular weight is 467 g/mol. The van der Waals surface area contributed by atoms with Crippen LogP contribution in [0.2, 0.25) is 0 Å². The number of aryl methyl sites for hydroxylation is 2. The Morgan fingerprint density at radius 2 is 1.85 bits per heavy atom. The number of aromatic nitrogens is 1. The maximum atomic E-state index is 13.5. The molecule has 1 unspecified atom stereocenters. The molecule has 2 aliphatic heterocycles. The molecule has 2 saturated heterocycles. The summed E-state index contributed by atoms with van der Waals surface area (Å²) in [5, 5.41) is 3.03. The highest BCUT2D eigenvalue weighted by Gasteiger charge is 2.55. The fourth-order valence-electron chi connectivity index (χ4n) is 5.66. The van der Waals surface area contributed by atoms with E-state index in [0.29, 0.717) is 32.4 Å². The second-order valence-electron chi connectivity index (χ2n) is 9.65. The zero-order valence-corrected chi connectivity index (χ0v) is 20.0. The quantitative estimate of drug-likeness (QED) is 0.687. The average Bonchev–Trinajstić information content (AvgIpc) is 3.48. The number of carbonyl (C=O) groups excluding carboxylic acids is 3. The van der Waals surface area contributed by atoms with Gasteiger partial charge in [0, 0.05) is 30.4 Å². The van der Waals surface area contributed by atoms with E-state index in [2.05, 4.69) is 22.4 Å². The standard InChI is InChI=1S/C25H30N4O3S/c1-16-21(33-15-26-16)7-8-22(30)28-11-9-19(10-12-28)25(2)23(31)29(24(32)27-25)20-13-17-5-3-4-6-18(17)14-20/h3-6,15,19-20H,7-14H2,1-2H3,(H,27,32). The van der Waals surface area contributed by atoms with E-state index in [9.17, 15) is 14.4 Å². The Bertz CT molecular complexity index is 1070. The number of nitrogens with one attached hydrogen (secondary N) is 1. The van der Waals surface area contributed by atoms with E-state index in [1.165, 1.54) is 20.9 Å². The number of amides is 4. The molecular formula is C25H30N4O3S. The Hall–Kier alpha value is -2.74. The van der Waals surface area contributed by atoms with E-state index < -0.39 is 5.54 Å². The maximum absolute atomic E-state index is 13.5. The molecule has 0 radical (unpaired) electrons. The highest BCUT2D eigenvalue weighted by molar-refractivity contribution is 7.09. The molecule has 1 aliphatic carbocycles. The van der Waals surface area contributed by atoms with Gasteiger partial charge in [-0.1, -0.05) is 24.3 Å². The molecule has 2 aromatic rings. The van der Waals surface area contributed by atoms with Gasteiger partial charge in [-0.25, -0.2) is 9.78 Å². The van der Waals surface area contributed by atoms with Gasteiger partial charge in [-0.05, 0) is 63.0 Å². The summed E-state index contributed by atoms with van der Waals surface area (Å²) in [6, 6.07) is 7.77. The van der Waals surface area contributed by atoms with E-state index >= 15 is 0 Å². The lowest BCUT2D eigenvalue weighted by Gasteiger charge is -2.39. The SMILES string of the molecule is Cc1ncsc1CCC(=O)N1CCC(C2(C)NC(=O)N(C3Cc4ccccc4C3)C2=O)CC1. The third-order valence-electron chi connectivity index (χ3n) is 7.72. The van der Waals surface area contributed by atoms with Crippen LogP contribution in [0.5, 0.6) is 0 Å². The van der Waals surface area contributed by atoms with Gasteiger partial charge in [-0.15, -0.1) is 11.3 Å². The molecule has 3 aliphatic rings. The van der Waals surface area contributed by atoms with Gasteiger partial charge >= 0.3 is 6.03 Å². The molecule has 1 N–H and O–H groups in total. The molecule has 0 spiro atoms. The fourth-order valence-corrected chi connectivity index (χ4v) is 6.44. The van der Waals surface area contributed by atoms with Crippen molar-refractivity contribution in [3.8, 4) is 0 Å². The van der Waals surface area contributed by atoms with Gasteiger partial charge < -0.3 is 10.2 Å². The van der Waals surface area contributed by atoms with Gasteiger partial charge in [0.1, 0.15) is 5.54 Å². The summed E-state index contributed by atoms with van der Waals surface area (Å²) in [5.74, 6) is 0.0600. The Kier molecular flexibility index (Phi) is 5.72. The van der Waals surface area contributed by atoms with Crippen molar-refractivity contribution >= 4 is 29.2 Å². The monoisotopic (exact) mass is 466 g/mol. The Morgan fingerprint density at radius 3 is 2.45 bits per heavy atom. The molecule has 0 bridgehead atoms. The molecule has 8 heteroatoms. The molecule has 7 nitrogen and oxygen atoms in total. The summed E-state index contributed by atoms with van der Waals surface area (Å²) in [5.41, 5.74) is 4.36. The first-order chi connectivity index (χ1) is 15.9. The molecule has 3 heterocycles. The van der Waals surface area contributed by atoms with Crippen LogP contribution in [0.3, 0.4) is 0 Å². The molecule has 2 fully saturated rings. The fraction of sp³-hybridized carbons (Fsp3) is 0.520. The third kappa shape index (κ3) is 3.94. The van der Waals surface area contributed by atoms with Crippen LogP contribution in [0, 0.1) is 12.8 Å². The first-order valence-corrected chi connectivity index (χ1v) is 12.6. The second-order valence-corrected chi connectivity index (χ2v) is 10.6. The largest absolute Gasteiger partial charge is 0.343 e. The number of likely N-dealkylation sites (tertiary alicyclic amines) is 1. The summed E-state index contributed by atoms with van der Waals surface area (Å²) in [7, 11) is 0. The van der Waals surface area contributed by atoms with Gasteiger partial charge in [0.15, 0.2) is 0 Å². The van der Waals surface area contributed by atoms with Crippen LogP contribution in [0.15, 0.2) is 29.8 Å². The highest BCUT2D eigenvalue weighted by Crippen LogP contribution is 2.36. The van der Waals surface area contributed by atoms with Crippen LogP contribution >= 0.6 is 11.3 Å². The molecule has 1 aromatic heterocycles. The Labute approximate surface area is 198 Å². The van der Waals surface area contributed by atoms with Crippen LogP contribution in [-0.4, -0.2) is 57.3 Å². The second kappa shape index (κ2) is 8.56. The number of fused-ring (bicyclic) bond motifs is 1. The number of carbonyl (C=O) groups is 3. The van der Waals surface area contributed by atoms with E-state index in [4.69, 9.17) is 0 Å². The van der Waals surface area contributed by atoms with Gasteiger partial charge in [0.05, 0.1) is 11.2 Å². The minimum atomic E-state index is -0.902. The number of thiazole rings is 1. The normalized spacial score (nSPS) is 23.8. The number of urea groups is 1. The van der Waals surface area contributed by atoms with Gasteiger partial charge in [-0.3, -0.25) is 14.5 Å². The highest BCUT2D eigenvalue weighted by atomic mass is 32.1. The van der Waals surface area contributed by atoms with Crippen molar-refractivity contribution in [2.24, 2.45) is 5.92 Å². The van der Waals surface area contributed by atoms with Crippen molar-refractivity contribution < 1.29 is 14.4 Å². The third-order valence-corrected chi connectivity index (χ3v) is 8.71. The molecule has 1 aromatic carbocycles. The molecular weight excluding hydrogens is 436 g/mol. The molecule has 174 valence electrons. The Balaban J connectivity index is 1.19. The van der Waals surface area contributed by atoms with Gasteiger partial charge in [-0.2, -0.15) is 0 Å². The summed E-state index contributed by atoms with van der Waals surface area (Å²) < 4.78 is 0. The predicted octanol–water partition coefficient (Wildman–Crippen LogP) is 3.10. The number of piperidine rings is 1. The maximum Gasteiger partial charge on any atom is 0.325 e. The van der Waals surface area contributed by atoms with Crippen molar-refractivity contribution in [3.05, 3.63) is 51.5 Å². The van der Waals surface area contributed by atoms with Crippen LogP contribution in [-0.2, 0) is 28.9 Å². The molecule has 1 atom stereocenters. The lowest BCUT2D eigenvalue weighted by atomic mass is 9.78. The number of rotatable bonds is 5. The molecule has 0 saturated carbocycles. The lowest BCUT2D eigenvalue weighted by molar-refractivity contribution is -0.136. The number of imide groups is 1. The van der Waals surface area contributed by atoms with Gasteiger partial charge in [0.25, 0.3) is 5.91 Å². The van der Waals surface area contributed by atoms with Crippen LogP contribution < -0.4 is 5.32 Å². The molecule has 5 rings (SSSR count). The number of nitrogens with zero attached hydrogens (tertiary/aromatic N) is 3. The predicted molar refractivity (Wildman–Crippen MR) is 126 cm³/mol. The minimum Gasteiger partial charge on any atom is -0.343 e. The lowest BCUT2D eigenvalue weighted by Crippen LogP contribution is -2.55. The van der Waals surface area contributed by atoms with E-state index in [1.807, 2.05) is 36.4 Å². The van der Waals surface area contributed by atoms with E-state index in [-0.39, 0.29) is 29.8 Å². The van der Waals surface area contributed by atoms with E-state index in [0.717, 1.165) is 25.0 Å². The molecule has 33 heavy (non-hydrogen) atoms. The minimum absolute atomic E-state index is 0.0236. The number of hydrogen-bond donors (Lipinski definition) is 1. The zero-order valence-electron chi connectivity index (χ0n) is 19.2. The van der Waals surface area contributed by atoms with Crippen molar-refractivity contribution in [2.45, 2.75) is 64.0 Å². The van der Waals surface area contributed by atoms with Crippen LogP contribution in [0.25, 0.3) is 0 Å². The first kappa shape index (κ1) is 22.1. The number of benzene rings is 1. The van der Waals surface area contributed by atoms with Crippen molar-refractivity contribution in [3.63, 3.8) is 0 Å². The summed E-state index contributed by atoms with van der Waals surface area (Å²) >= 11 is 1.60. The Morgan fingerprint density at radius 1 is 1.18 bits per heavy atom. The molecule has 4 amide bonds. The van der Waals surface area contributed by atoms with Crippen LogP contribution in [0.1, 0.15) is 47.9 Å². The van der Waals surface area contributed by atoms with Crippen molar-refractivity contribution in [1.82, 2.24) is 20.1 Å². The topological polar surface area (TPSA) is 82.6 Å². The summed E-state index contributed by atoms with van der Waals surface area (Å²) in [6.45, 7) is 5.09. The van der Waals surface area contributed by atoms with Crippen molar-refractivity contribution in [2.75, 3.05) is 13.1 Å². The number of hydrogen-bond acceptors (Lipinski definition) is 5. The zero-order chi connectivity index (χ0) is 23.2. The van der Waals surface area contributed by atoms with E-state index in [1.54, 1.807) is 11.3 Å². The summed E-state index contributed by atoms with van der Waals surface area (Å²) in [6.07, 6.45) is 4.07. The van der Waals surface area contributed by atoms with Crippen LogP contribution in [0.4, 0.5) is 4.79 Å². The smallest absolute Gasteiger partial charge is 0.325 e. The van der Waals surface area contributed by atoms with Gasteiger partial charge in [0.2, 0.25) is 5.91 Å². The first-order valence-electron chi connectivity index (χ1n) is 11.8.